The Morgan fingerprint density at radius 1 is 1.04 bits per heavy atom. The van der Waals surface area contributed by atoms with E-state index in [4.69, 9.17) is 0 Å². The van der Waals surface area contributed by atoms with Crippen molar-refractivity contribution in [2.45, 2.75) is 15.8 Å². The highest BCUT2D eigenvalue weighted by Crippen LogP contribution is 2.32. The third-order valence-electron chi connectivity index (χ3n) is 3.20. The molecule has 0 aliphatic heterocycles. The van der Waals surface area contributed by atoms with Crippen molar-refractivity contribution in [3.8, 4) is 11.3 Å². The second-order valence-electron chi connectivity index (χ2n) is 4.77. The minimum atomic E-state index is -2.72. The number of aromatic nitrogens is 5. The minimum Gasteiger partial charge on any atom is -0.229 e. The van der Waals surface area contributed by atoms with Gasteiger partial charge in [0.05, 0.1) is 5.69 Å². The molecule has 4 rings (SSSR count). The summed E-state index contributed by atoms with van der Waals surface area (Å²) in [5.74, 6) is -0.462. The van der Waals surface area contributed by atoms with E-state index in [9.17, 15) is 8.78 Å². The lowest BCUT2D eigenvalue weighted by Crippen LogP contribution is -2.00. The van der Waals surface area contributed by atoms with Gasteiger partial charge >= 0.3 is 0 Å². The average molecular weight is 361 g/mol. The highest BCUT2D eigenvalue weighted by atomic mass is 32.2. The third kappa shape index (κ3) is 2.87. The van der Waals surface area contributed by atoms with E-state index >= 15 is 0 Å². The summed E-state index contributed by atoms with van der Waals surface area (Å²) < 4.78 is 27.7. The molecule has 3 heterocycles. The Morgan fingerprint density at radius 3 is 2.67 bits per heavy atom. The van der Waals surface area contributed by atoms with Crippen molar-refractivity contribution in [2.24, 2.45) is 0 Å². The van der Waals surface area contributed by atoms with E-state index < -0.39 is 12.2 Å². The van der Waals surface area contributed by atoms with E-state index in [1.165, 1.54) is 23.1 Å². The summed E-state index contributed by atoms with van der Waals surface area (Å²) >= 11 is 2.80. The van der Waals surface area contributed by atoms with Gasteiger partial charge in [0.15, 0.2) is 9.99 Å². The summed E-state index contributed by atoms with van der Waals surface area (Å²) in [6, 6.07) is 13.2. The van der Waals surface area contributed by atoms with Crippen LogP contribution in [0.2, 0.25) is 0 Å². The number of fused-ring (bicyclic) bond motifs is 1. The highest BCUT2D eigenvalue weighted by Gasteiger charge is 2.17. The van der Waals surface area contributed by atoms with Crippen LogP contribution >= 0.6 is 23.1 Å². The van der Waals surface area contributed by atoms with Crippen LogP contribution in [0.4, 0.5) is 8.78 Å². The summed E-state index contributed by atoms with van der Waals surface area (Å²) in [5.41, 5.74) is 2.20. The number of hydrogen-bond donors (Lipinski definition) is 0. The molecule has 0 aliphatic carbocycles. The lowest BCUT2D eigenvalue weighted by Gasteiger charge is -2.00. The quantitative estimate of drug-likeness (QED) is 0.541. The van der Waals surface area contributed by atoms with Gasteiger partial charge in [-0.3, -0.25) is 0 Å². The number of rotatable bonds is 4. The van der Waals surface area contributed by atoms with Crippen molar-refractivity contribution in [2.75, 3.05) is 0 Å². The van der Waals surface area contributed by atoms with Crippen LogP contribution in [0.25, 0.3) is 16.9 Å². The zero-order valence-corrected chi connectivity index (χ0v) is 13.6. The van der Waals surface area contributed by atoms with E-state index in [1.54, 1.807) is 12.1 Å². The molecule has 9 heteroatoms. The van der Waals surface area contributed by atoms with Gasteiger partial charge in [-0.25, -0.2) is 13.8 Å². The first-order valence-electron chi connectivity index (χ1n) is 6.90. The molecule has 0 radical (unpaired) electrons. The standard InChI is InChI=1S/C15H9F2N5S2/c16-13(17)14-20-19-11-6-7-12(21-22(11)14)24-15-18-10(8-23-15)9-4-2-1-3-5-9/h1-8,13H. The molecule has 0 atom stereocenters. The van der Waals surface area contributed by atoms with E-state index in [2.05, 4.69) is 20.3 Å². The minimum absolute atomic E-state index is 0.291. The summed E-state index contributed by atoms with van der Waals surface area (Å²) in [6.07, 6.45) is -2.72. The summed E-state index contributed by atoms with van der Waals surface area (Å²) in [4.78, 5) is 4.55. The fraction of sp³-hybridized carbons (Fsp3) is 0.0667. The van der Waals surface area contributed by atoms with Crippen molar-refractivity contribution < 1.29 is 8.78 Å². The molecule has 0 fully saturated rings. The average Bonchev–Trinajstić information content (AvgIpc) is 3.22. The molecule has 3 aromatic heterocycles. The van der Waals surface area contributed by atoms with Crippen molar-refractivity contribution in [1.82, 2.24) is 24.8 Å². The van der Waals surface area contributed by atoms with Crippen LogP contribution in [-0.2, 0) is 0 Å². The Hall–Kier alpha value is -2.39. The molecule has 0 spiro atoms. The van der Waals surface area contributed by atoms with Crippen molar-refractivity contribution in [3.63, 3.8) is 0 Å². The van der Waals surface area contributed by atoms with Crippen LogP contribution < -0.4 is 0 Å². The van der Waals surface area contributed by atoms with E-state index in [0.29, 0.717) is 10.7 Å². The van der Waals surface area contributed by atoms with Gasteiger partial charge in [-0.1, -0.05) is 30.3 Å². The van der Waals surface area contributed by atoms with Crippen LogP contribution in [0.3, 0.4) is 0 Å². The third-order valence-corrected chi connectivity index (χ3v) is 5.07. The molecule has 120 valence electrons. The van der Waals surface area contributed by atoms with E-state index in [-0.39, 0.29) is 0 Å². The highest BCUT2D eigenvalue weighted by molar-refractivity contribution is 8.01. The Morgan fingerprint density at radius 2 is 1.88 bits per heavy atom. The van der Waals surface area contributed by atoms with E-state index in [1.807, 2.05) is 35.7 Å². The SMILES string of the molecule is FC(F)c1nnc2ccc(Sc3nc(-c4ccccc4)cs3)nn12. The van der Waals surface area contributed by atoms with Crippen molar-refractivity contribution in [3.05, 3.63) is 53.7 Å². The van der Waals surface area contributed by atoms with Gasteiger partial charge in [0.2, 0.25) is 5.82 Å². The van der Waals surface area contributed by atoms with Gasteiger partial charge in [-0.15, -0.1) is 21.5 Å². The Labute approximate surface area is 143 Å². The molecule has 0 saturated heterocycles. The molecule has 0 N–H and O–H groups in total. The fourth-order valence-electron chi connectivity index (χ4n) is 2.11. The largest absolute Gasteiger partial charge is 0.299 e. The van der Waals surface area contributed by atoms with Crippen LogP contribution in [-0.4, -0.2) is 24.8 Å². The fourth-order valence-corrected chi connectivity index (χ4v) is 3.84. The van der Waals surface area contributed by atoms with Crippen LogP contribution in [0.5, 0.6) is 0 Å². The monoisotopic (exact) mass is 361 g/mol. The lowest BCUT2D eigenvalue weighted by atomic mass is 10.2. The van der Waals surface area contributed by atoms with Gasteiger partial charge in [0.1, 0.15) is 5.03 Å². The number of thiazole rings is 1. The predicted octanol–water partition coefficient (Wildman–Crippen LogP) is 4.34. The van der Waals surface area contributed by atoms with Gasteiger partial charge in [0.25, 0.3) is 6.43 Å². The Balaban J connectivity index is 1.63. The molecule has 0 unspecified atom stereocenters. The number of hydrogen-bond acceptors (Lipinski definition) is 6. The molecular weight excluding hydrogens is 352 g/mol. The molecule has 0 bridgehead atoms. The Kier molecular flexibility index (Phi) is 3.95. The second-order valence-corrected chi connectivity index (χ2v) is 6.89. The second kappa shape index (κ2) is 6.25. The predicted molar refractivity (Wildman–Crippen MR) is 87.4 cm³/mol. The summed E-state index contributed by atoms with van der Waals surface area (Å²) in [6.45, 7) is 0. The van der Waals surface area contributed by atoms with E-state index in [0.717, 1.165) is 20.1 Å². The normalized spacial score (nSPS) is 11.5. The number of halogens is 2. The summed E-state index contributed by atoms with van der Waals surface area (Å²) in [5, 5.41) is 13.8. The topological polar surface area (TPSA) is 56.0 Å². The molecular formula is C15H9F2N5S2. The first kappa shape index (κ1) is 15.2. The van der Waals surface area contributed by atoms with Crippen LogP contribution in [0.1, 0.15) is 12.2 Å². The first-order valence-corrected chi connectivity index (χ1v) is 8.59. The Bertz CT molecular complexity index is 984. The molecule has 24 heavy (non-hydrogen) atoms. The maximum absolute atomic E-state index is 12.9. The van der Waals surface area contributed by atoms with Gasteiger partial charge in [-0.2, -0.15) is 9.61 Å². The molecule has 0 amide bonds. The maximum atomic E-state index is 12.9. The molecule has 0 saturated carbocycles. The van der Waals surface area contributed by atoms with Crippen molar-refractivity contribution in [1.29, 1.82) is 0 Å². The zero-order valence-electron chi connectivity index (χ0n) is 12.0. The maximum Gasteiger partial charge on any atom is 0.299 e. The number of alkyl halides is 2. The molecule has 1 aromatic carbocycles. The van der Waals surface area contributed by atoms with Crippen LogP contribution in [0, 0.1) is 0 Å². The number of nitrogens with zero attached hydrogens (tertiary/aromatic N) is 5. The summed E-state index contributed by atoms with van der Waals surface area (Å²) in [7, 11) is 0. The zero-order chi connectivity index (χ0) is 16.5. The van der Waals surface area contributed by atoms with Gasteiger partial charge < -0.3 is 0 Å². The van der Waals surface area contributed by atoms with Gasteiger partial charge in [-0.05, 0) is 23.9 Å². The smallest absolute Gasteiger partial charge is 0.229 e. The van der Waals surface area contributed by atoms with Crippen LogP contribution in [0.15, 0.2) is 57.2 Å². The first-order chi connectivity index (χ1) is 11.7. The molecule has 5 nitrogen and oxygen atoms in total. The molecule has 4 aromatic rings. The van der Waals surface area contributed by atoms with Crippen molar-refractivity contribution >= 4 is 28.7 Å². The molecule has 0 aliphatic rings. The number of benzene rings is 1. The van der Waals surface area contributed by atoms with Gasteiger partial charge in [0, 0.05) is 10.9 Å². The lowest BCUT2D eigenvalue weighted by molar-refractivity contribution is 0.137.